The van der Waals surface area contributed by atoms with Gasteiger partial charge in [0.05, 0.1) is 6.04 Å². The first-order chi connectivity index (χ1) is 8.97. The molecular formula is C14H18F2N2O. The molecule has 0 spiro atoms. The third-order valence-corrected chi connectivity index (χ3v) is 3.13. The van der Waals surface area contributed by atoms with Crippen molar-refractivity contribution in [3.63, 3.8) is 0 Å². The number of nitrogens with one attached hydrogen (secondary N) is 1. The predicted octanol–water partition coefficient (Wildman–Crippen LogP) is 2.46. The van der Waals surface area contributed by atoms with Gasteiger partial charge in [-0.25, -0.2) is 8.78 Å². The van der Waals surface area contributed by atoms with E-state index in [-0.39, 0.29) is 23.7 Å². The molecule has 0 aromatic heterocycles. The quantitative estimate of drug-likeness (QED) is 0.913. The molecular weight excluding hydrogens is 250 g/mol. The fraction of sp³-hybridized carbons (Fsp3) is 0.500. The van der Waals surface area contributed by atoms with Crippen molar-refractivity contribution in [2.24, 2.45) is 0 Å². The number of carbonyl (C=O) groups is 1. The maximum atomic E-state index is 13.2. The van der Waals surface area contributed by atoms with Gasteiger partial charge in [0.15, 0.2) is 0 Å². The van der Waals surface area contributed by atoms with Gasteiger partial charge in [-0.1, -0.05) is 13.8 Å². The van der Waals surface area contributed by atoms with Gasteiger partial charge in [-0.2, -0.15) is 0 Å². The fourth-order valence-electron chi connectivity index (χ4n) is 2.38. The molecule has 1 fully saturated rings. The molecule has 1 aliphatic heterocycles. The Bertz CT molecular complexity index is 456. The number of amides is 1. The van der Waals surface area contributed by atoms with E-state index >= 15 is 0 Å². The van der Waals surface area contributed by atoms with Crippen molar-refractivity contribution >= 4 is 11.6 Å². The first-order valence-corrected chi connectivity index (χ1v) is 6.51. The Kier molecular flexibility index (Phi) is 4.14. The summed E-state index contributed by atoms with van der Waals surface area (Å²) in [6.07, 6.45) is 1.57. The average molecular weight is 268 g/mol. The molecule has 1 N–H and O–H groups in total. The Hall–Kier alpha value is -1.49. The molecule has 1 saturated heterocycles. The first-order valence-electron chi connectivity index (χ1n) is 6.51. The number of piperidine rings is 1. The lowest BCUT2D eigenvalue weighted by Gasteiger charge is -2.33. The number of anilines is 1. The Labute approximate surface area is 111 Å². The van der Waals surface area contributed by atoms with E-state index in [1.807, 2.05) is 13.8 Å². The Morgan fingerprint density at radius 1 is 1.26 bits per heavy atom. The van der Waals surface area contributed by atoms with Crippen LogP contribution in [-0.4, -0.2) is 24.5 Å². The highest BCUT2D eigenvalue weighted by molar-refractivity contribution is 5.97. The van der Waals surface area contributed by atoms with Gasteiger partial charge in [-0.3, -0.25) is 4.79 Å². The van der Waals surface area contributed by atoms with Crippen LogP contribution in [-0.2, 0) is 4.79 Å². The lowest BCUT2D eigenvalue weighted by atomic mass is 10.0. The molecule has 1 aliphatic rings. The van der Waals surface area contributed by atoms with Crippen LogP contribution < -0.4 is 10.2 Å². The van der Waals surface area contributed by atoms with E-state index in [1.54, 1.807) is 0 Å². The molecule has 1 amide bonds. The first kappa shape index (κ1) is 13.9. The van der Waals surface area contributed by atoms with Crippen molar-refractivity contribution in [3.8, 4) is 0 Å². The number of rotatable bonds is 3. The summed E-state index contributed by atoms with van der Waals surface area (Å²) in [6, 6.07) is 3.11. The fourth-order valence-corrected chi connectivity index (χ4v) is 2.38. The molecule has 104 valence electrons. The second kappa shape index (κ2) is 5.65. The summed E-state index contributed by atoms with van der Waals surface area (Å²) in [5.74, 6) is -1.45. The van der Waals surface area contributed by atoms with Crippen LogP contribution in [0.5, 0.6) is 0 Å². The van der Waals surface area contributed by atoms with Gasteiger partial charge in [0, 0.05) is 24.3 Å². The minimum atomic E-state index is -0.665. The zero-order valence-corrected chi connectivity index (χ0v) is 11.1. The van der Waals surface area contributed by atoms with Crippen molar-refractivity contribution < 1.29 is 13.6 Å². The maximum absolute atomic E-state index is 13.2. The summed E-state index contributed by atoms with van der Waals surface area (Å²) < 4.78 is 26.4. The number of hydrogen-bond acceptors (Lipinski definition) is 2. The van der Waals surface area contributed by atoms with E-state index in [2.05, 4.69) is 5.32 Å². The number of halogens is 2. The summed E-state index contributed by atoms with van der Waals surface area (Å²) in [7, 11) is 0. The van der Waals surface area contributed by atoms with Crippen LogP contribution in [0.1, 0.15) is 26.7 Å². The lowest BCUT2D eigenvalue weighted by molar-refractivity contribution is -0.121. The smallest absolute Gasteiger partial charge is 0.244 e. The van der Waals surface area contributed by atoms with E-state index in [9.17, 15) is 13.6 Å². The Balaban J connectivity index is 2.21. The van der Waals surface area contributed by atoms with Crippen LogP contribution in [0.15, 0.2) is 18.2 Å². The van der Waals surface area contributed by atoms with Gasteiger partial charge in [-0.15, -0.1) is 0 Å². The van der Waals surface area contributed by atoms with Gasteiger partial charge in [0.1, 0.15) is 11.6 Å². The highest BCUT2D eigenvalue weighted by atomic mass is 19.1. The van der Waals surface area contributed by atoms with Crippen molar-refractivity contribution in [1.29, 1.82) is 0 Å². The topological polar surface area (TPSA) is 32.3 Å². The summed E-state index contributed by atoms with van der Waals surface area (Å²) in [4.78, 5) is 13.8. The normalized spacial score (nSPS) is 20.2. The summed E-state index contributed by atoms with van der Waals surface area (Å²) in [6.45, 7) is 4.43. The molecule has 1 atom stereocenters. The van der Waals surface area contributed by atoms with E-state index in [1.165, 1.54) is 17.0 Å². The van der Waals surface area contributed by atoms with Crippen molar-refractivity contribution in [2.75, 3.05) is 11.4 Å². The molecule has 19 heavy (non-hydrogen) atoms. The zero-order valence-electron chi connectivity index (χ0n) is 11.1. The molecule has 0 radical (unpaired) electrons. The monoisotopic (exact) mass is 268 g/mol. The minimum Gasteiger partial charge on any atom is -0.311 e. The zero-order chi connectivity index (χ0) is 14.0. The molecule has 3 nitrogen and oxygen atoms in total. The van der Waals surface area contributed by atoms with Crippen LogP contribution in [0.25, 0.3) is 0 Å². The van der Waals surface area contributed by atoms with Crippen molar-refractivity contribution in [3.05, 3.63) is 29.8 Å². The molecule has 1 heterocycles. The second-order valence-electron chi connectivity index (χ2n) is 5.13. The molecule has 1 aromatic carbocycles. The average Bonchev–Trinajstić information content (AvgIpc) is 2.30. The standard InChI is InChI=1S/C14H18F2N2O/c1-9(2)17-13-4-3-5-18(14(13)19)12-7-10(15)6-11(16)8-12/h6-9,13,17H,3-5H2,1-2H3. The van der Waals surface area contributed by atoms with Gasteiger partial charge in [0.2, 0.25) is 5.91 Å². The van der Waals surface area contributed by atoms with Crippen LogP contribution in [0, 0.1) is 11.6 Å². The lowest BCUT2D eigenvalue weighted by Crippen LogP contribution is -2.52. The summed E-state index contributed by atoms with van der Waals surface area (Å²) >= 11 is 0. The number of carbonyl (C=O) groups excluding carboxylic acids is 1. The van der Waals surface area contributed by atoms with Crippen molar-refractivity contribution in [1.82, 2.24) is 5.32 Å². The summed E-state index contributed by atoms with van der Waals surface area (Å²) in [5, 5.41) is 3.18. The molecule has 1 aromatic rings. The van der Waals surface area contributed by atoms with Gasteiger partial charge < -0.3 is 10.2 Å². The molecule has 1 unspecified atom stereocenters. The second-order valence-corrected chi connectivity index (χ2v) is 5.13. The molecule has 0 saturated carbocycles. The highest BCUT2D eigenvalue weighted by Crippen LogP contribution is 2.23. The molecule has 0 aliphatic carbocycles. The molecule has 0 bridgehead atoms. The van der Waals surface area contributed by atoms with Crippen LogP contribution in [0.3, 0.4) is 0 Å². The predicted molar refractivity (Wildman–Crippen MR) is 70.0 cm³/mol. The summed E-state index contributed by atoms with van der Waals surface area (Å²) in [5.41, 5.74) is 0.290. The Morgan fingerprint density at radius 3 is 2.47 bits per heavy atom. The van der Waals surface area contributed by atoms with Gasteiger partial charge >= 0.3 is 0 Å². The largest absolute Gasteiger partial charge is 0.311 e. The van der Waals surface area contributed by atoms with E-state index < -0.39 is 11.6 Å². The third kappa shape index (κ3) is 3.29. The van der Waals surface area contributed by atoms with E-state index in [4.69, 9.17) is 0 Å². The van der Waals surface area contributed by atoms with Gasteiger partial charge in [-0.05, 0) is 25.0 Å². The van der Waals surface area contributed by atoms with Crippen LogP contribution >= 0.6 is 0 Å². The van der Waals surface area contributed by atoms with E-state index in [0.717, 1.165) is 18.9 Å². The number of benzene rings is 1. The van der Waals surface area contributed by atoms with E-state index in [0.29, 0.717) is 6.54 Å². The van der Waals surface area contributed by atoms with Crippen molar-refractivity contribution in [2.45, 2.75) is 38.8 Å². The minimum absolute atomic E-state index is 0.120. The van der Waals surface area contributed by atoms with Crippen LogP contribution in [0.2, 0.25) is 0 Å². The highest BCUT2D eigenvalue weighted by Gasteiger charge is 2.30. The Morgan fingerprint density at radius 2 is 1.89 bits per heavy atom. The number of hydrogen-bond donors (Lipinski definition) is 1. The van der Waals surface area contributed by atoms with Crippen LogP contribution in [0.4, 0.5) is 14.5 Å². The van der Waals surface area contributed by atoms with Gasteiger partial charge in [0.25, 0.3) is 0 Å². The maximum Gasteiger partial charge on any atom is 0.244 e. The molecule has 5 heteroatoms. The number of nitrogens with zero attached hydrogens (tertiary/aromatic N) is 1. The third-order valence-electron chi connectivity index (χ3n) is 3.13. The SMILES string of the molecule is CC(C)NC1CCCN(c2cc(F)cc(F)c2)C1=O. The molecule has 2 rings (SSSR count).